The lowest BCUT2D eigenvalue weighted by molar-refractivity contribution is -0.118. The SMILES string of the molecule is Cc1cc(C(=O)Cc2ccc(F)cc2)cc2c1OCC(=O)N2. The number of rotatable bonds is 3. The van der Waals surface area contributed by atoms with Gasteiger partial charge in [-0.3, -0.25) is 9.59 Å². The zero-order valence-corrected chi connectivity index (χ0v) is 12.0. The van der Waals surface area contributed by atoms with Crippen molar-refractivity contribution in [2.75, 3.05) is 11.9 Å². The predicted molar refractivity (Wildman–Crippen MR) is 79.7 cm³/mol. The average molecular weight is 299 g/mol. The maximum Gasteiger partial charge on any atom is 0.262 e. The summed E-state index contributed by atoms with van der Waals surface area (Å²) in [6.07, 6.45) is 0.174. The third-order valence-corrected chi connectivity index (χ3v) is 3.50. The van der Waals surface area contributed by atoms with Crippen LogP contribution in [0.3, 0.4) is 0 Å². The Hall–Kier alpha value is -2.69. The Bertz CT molecular complexity index is 753. The Labute approximate surface area is 126 Å². The Kier molecular flexibility index (Phi) is 3.63. The lowest BCUT2D eigenvalue weighted by Crippen LogP contribution is -2.26. The van der Waals surface area contributed by atoms with E-state index < -0.39 is 0 Å². The molecule has 22 heavy (non-hydrogen) atoms. The Morgan fingerprint density at radius 2 is 2.00 bits per heavy atom. The molecule has 0 atom stereocenters. The van der Waals surface area contributed by atoms with Crippen molar-refractivity contribution >= 4 is 17.4 Å². The van der Waals surface area contributed by atoms with E-state index in [-0.39, 0.29) is 30.5 Å². The van der Waals surface area contributed by atoms with Crippen molar-refractivity contribution in [3.05, 3.63) is 58.9 Å². The van der Waals surface area contributed by atoms with E-state index in [0.29, 0.717) is 17.0 Å². The molecule has 3 rings (SSSR count). The molecule has 0 bridgehead atoms. The standard InChI is InChI=1S/C17H14FNO3/c1-10-6-12(8-14-17(10)22-9-16(21)19-14)15(20)7-11-2-4-13(18)5-3-11/h2-6,8H,7,9H2,1H3,(H,19,21). The number of nitrogens with one attached hydrogen (secondary N) is 1. The molecule has 0 aliphatic carbocycles. The highest BCUT2D eigenvalue weighted by molar-refractivity contribution is 6.02. The molecular weight excluding hydrogens is 285 g/mol. The van der Waals surface area contributed by atoms with E-state index in [2.05, 4.69) is 5.32 Å². The number of hydrogen-bond acceptors (Lipinski definition) is 3. The highest BCUT2D eigenvalue weighted by Crippen LogP contribution is 2.33. The highest BCUT2D eigenvalue weighted by atomic mass is 19.1. The van der Waals surface area contributed by atoms with Crippen LogP contribution in [0.25, 0.3) is 0 Å². The molecule has 0 saturated carbocycles. The van der Waals surface area contributed by atoms with Crippen molar-refractivity contribution in [2.24, 2.45) is 0 Å². The number of anilines is 1. The van der Waals surface area contributed by atoms with Crippen LogP contribution in [0.1, 0.15) is 21.5 Å². The quantitative estimate of drug-likeness (QED) is 0.887. The number of amides is 1. The molecule has 0 unspecified atom stereocenters. The fraction of sp³-hybridized carbons (Fsp3) is 0.176. The van der Waals surface area contributed by atoms with Crippen molar-refractivity contribution in [3.63, 3.8) is 0 Å². The van der Waals surface area contributed by atoms with Crippen molar-refractivity contribution < 1.29 is 18.7 Å². The van der Waals surface area contributed by atoms with Crippen LogP contribution in [0.15, 0.2) is 36.4 Å². The summed E-state index contributed by atoms with van der Waals surface area (Å²) >= 11 is 0. The summed E-state index contributed by atoms with van der Waals surface area (Å²) < 4.78 is 18.3. The summed E-state index contributed by atoms with van der Waals surface area (Å²) in [5.41, 5.74) is 2.53. The van der Waals surface area contributed by atoms with Crippen LogP contribution < -0.4 is 10.1 Å². The molecule has 0 spiro atoms. The zero-order chi connectivity index (χ0) is 15.7. The number of halogens is 1. The first-order chi connectivity index (χ1) is 10.5. The minimum atomic E-state index is -0.333. The van der Waals surface area contributed by atoms with E-state index in [1.807, 2.05) is 6.92 Å². The molecule has 1 amide bonds. The number of ether oxygens (including phenoxy) is 1. The molecule has 0 saturated heterocycles. The van der Waals surface area contributed by atoms with E-state index in [1.165, 1.54) is 12.1 Å². The largest absolute Gasteiger partial charge is 0.481 e. The van der Waals surface area contributed by atoms with Crippen molar-refractivity contribution in [1.82, 2.24) is 0 Å². The third kappa shape index (κ3) is 2.83. The molecule has 5 heteroatoms. The van der Waals surface area contributed by atoms with Gasteiger partial charge in [-0.2, -0.15) is 0 Å². The number of carbonyl (C=O) groups is 2. The topological polar surface area (TPSA) is 55.4 Å². The van der Waals surface area contributed by atoms with Gasteiger partial charge in [0, 0.05) is 12.0 Å². The predicted octanol–water partition coefficient (Wildman–Crippen LogP) is 2.89. The third-order valence-electron chi connectivity index (χ3n) is 3.50. The summed E-state index contributed by atoms with van der Waals surface area (Å²) in [5, 5.41) is 2.70. The molecule has 4 nitrogen and oxygen atoms in total. The number of aryl methyl sites for hydroxylation is 1. The van der Waals surface area contributed by atoms with Gasteiger partial charge in [0.1, 0.15) is 11.6 Å². The first-order valence-corrected chi connectivity index (χ1v) is 6.88. The lowest BCUT2D eigenvalue weighted by Gasteiger charge is -2.20. The number of Topliss-reactive ketones (excluding diaryl/α,β-unsaturated/α-hetero) is 1. The minimum Gasteiger partial charge on any atom is -0.481 e. The van der Waals surface area contributed by atoms with Crippen molar-refractivity contribution in [2.45, 2.75) is 13.3 Å². The van der Waals surface area contributed by atoms with Crippen LogP contribution in [0.4, 0.5) is 10.1 Å². The molecule has 0 fully saturated rings. The van der Waals surface area contributed by atoms with Crippen LogP contribution in [-0.2, 0) is 11.2 Å². The maximum atomic E-state index is 12.9. The van der Waals surface area contributed by atoms with Gasteiger partial charge in [0.05, 0.1) is 5.69 Å². The van der Waals surface area contributed by atoms with Gasteiger partial charge in [-0.05, 0) is 42.3 Å². The first kappa shape index (κ1) is 14.3. The van der Waals surface area contributed by atoms with E-state index in [1.54, 1.807) is 24.3 Å². The molecule has 0 radical (unpaired) electrons. The van der Waals surface area contributed by atoms with Gasteiger partial charge in [-0.15, -0.1) is 0 Å². The van der Waals surface area contributed by atoms with Crippen molar-refractivity contribution in [1.29, 1.82) is 0 Å². The molecule has 112 valence electrons. The Morgan fingerprint density at radius 1 is 1.27 bits per heavy atom. The van der Waals surface area contributed by atoms with E-state index in [4.69, 9.17) is 4.74 Å². The molecule has 1 aliphatic heterocycles. The van der Waals surface area contributed by atoms with Gasteiger partial charge < -0.3 is 10.1 Å². The summed E-state index contributed by atoms with van der Waals surface area (Å²) in [5.74, 6) is -0.0778. The van der Waals surface area contributed by atoms with Crippen LogP contribution in [0.5, 0.6) is 5.75 Å². The normalized spacial score (nSPS) is 13.1. The molecule has 1 N–H and O–H groups in total. The van der Waals surface area contributed by atoms with E-state index >= 15 is 0 Å². The number of fused-ring (bicyclic) bond motifs is 1. The summed E-state index contributed by atoms with van der Waals surface area (Å²) in [6.45, 7) is 1.81. The smallest absolute Gasteiger partial charge is 0.262 e. The average Bonchev–Trinajstić information content (AvgIpc) is 2.49. The summed E-state index contributed by atoms with van der Waals surface area (Å²) in [7, 11) is 0. The molecular formula is C17H14FNO3. The summed E-state index contributed by atoms with van der Waals surface area (Å²) in [6, 6.07) is 9.18. The minimum absolute atomic E-state index is 0.0172. The molecule has 1 heterocycles. The molecule has 1 aliphatic rings. The second-order valence-corrected chi connectivity index (χ2v) is 5.23. The van der Waals surface area contributed by atoms with Gasteiger partial charge in [-0.1, -0.05) is 12.1 Å². The number of carbonyl (C=O) groups excluding carboxylic acids is 2. The van der Waals surface area contributed by atoms with E-state index in [9.17, 15) is 14.0 Å². The first-order valence-electron chi connectivity index (χ1n) is 6.88. The maximum absolute atomic E-state index is 12.9. The van der Waals surface area contributed by atoms with Gasteiger partial charge in [-0.25, -0.2) is 4.39 Å². The number of ketones is 1. The van der Waals surface area contributed by atoms with Crippen LogP contribution in [0, 0.1) is 12.7 Å². The molecule has 0 aromatic heterocycles. The Balaban J connectivity index is 1.86. The van der Waals surface area contributed by atoms with Gasteiger partial charge in [0.25, 0.3) is 5.91 Å². The Morgan fingerprint density at radius 3 is 2.73 bits per heavy atom. The summed E-state index contributed by atoms with van der Waals surface area (Å²) in [4.78, 5) is 23.8. The van der Waals surface area contributed by atoms with Gasteiger partial charge in [0.15, 0.2) is 12.4 Å². The second kappa shape index (κ2) is 5.60. The van der Waals surface area contributed by atoms with Crippen molar-refractivity contribution in [3.8, 4) is 5.75 Å². The van der Waals surface area contributed by atoms with Gasteiger partial charge in [0.2, 0.25) is 0 Å². The monoisotopic (exact) mass is 299 g/mol. The number of benzene rings is 2. The fourth-order valence-corrected chi connectivity index (χ4v) is 2.43. The van der Waals surface area contributed by atoms with Crippen LogP contribution in [0.2, 0.25) is 0 Å². The van der Waals surface area contributed by atoms with Crippen LogP contribution in [-0.4, -0.2) is 18.3 Å². The molecule has 2 aromatic carbocycles. The zero-order valence-electron chi connectivity index (χ0n) is 12.0. The number of hydrogen-bond donors (Lipinski definition) is 1. The van der Waals surface area contributed by atoms with Crippen LogP contribution >= 0.6 is 0 Å². The fourth-order valence-electron chi connectivity index (χ4n) is 2.43. The van der Waals surface area contributed by atoms with Gasteiger partial charge >= 0.3 is 0 Å². The van der Waals surface area contributed by atoms with E-state index in [0.717, 1.165) is 11.1 Å². The highest BCUT2D eigenvalue weighted by Gasteiger charge is 2.20. The molecule has 2 aromatic rings. The second-order valence-electron chi connectivity index (χ2n) is 5.23. The lowest BCUT2D eigenvalue weighted by atomic mass is 9.99.